The lowest BCUT2D eigenvalue weighted by atomic mass is 9.86. The van der Waals surface area contributed by atoms with E-state index in [9.17, 15) is 9.59 Å². The van der Waals surface area contributed by atoms with Crippen molar-refractivity contribution in [3.8, 4) is 0 Å². The molecule has 7 nitrogen and oxygen atoms in total. The summed E-state index contributed by atoms with van der Waals surface area (Å²) in [6.07, 6.45) is 3.19. The van der Waals surface area contributed by atoms with Gasteiger partial charge in [0.2, 0.25) is 0 Å². The van der Waals surface area contributed by atoms with E-state index in [1.54, 1.807) is 4.90 Å². The molecule has 4 rings (SSSR count). The highest BCUT2D eigenvalue weighted by atomic mass is 16.6. The number of benzene rings is 2. The second-order valence-corrected chi connectivity index (χ2v) is 9.10. The van der Waals surface area contributed by atoms with Crippen LogP contribution in [0.5, 0.6) is 0 Å². The number of rotatable bonds is 7. The number of methoxy groups -OCH3 is 1. The van der Waals surface area contributed by atoms with E-state index in [1.165, 1.54) is 23.9 Å². The second kappa shape index (κ2) is 11.4. The van der Waals surface area contributed by atoms with Gasteiger partial charge in [-0.1, -0.05) is 36.4 Å². The smallest absolute Gasteiger partial charge is 0.410 e. The van der Waals surface area contributed by atoms with Gasteiger partial charge in [-0.25, -0.2) is 4.79 Å². The lowest BCUT2D eigenvalue weighted by molar-refractivity contribution is -0.141. The zero-order chi connectivity index (χ0) is 23.9. The number of carbonyl (C=O) groups is 2. The molecule has 1 aliphatic heterocycles. The largest absolute Gasteiger partial charge is 0.469 e. The molecule has 0 radical (unpaired) electrons. The predicted molar refractivity (Wildman–Crippen MR) is 132 cm³/mol. The van der Waals surface area contributed by atoms with Gasteiger partial charge in [-0.15, -0.1) is 0 Å². The first kappa shape index (κ1) is 24.1. The van der Waals surface area contributed by atoms with Gasteiger partial charge in [0.1, 0.15) is 6.61 Å². The molecule has 0 bridgehead atoms. The predicted octanol–water partition coefficient (Wildman–Crippen LogP) is 4.02. The molecular formula is C27H35N3O4. The lowest BCUT2D eigenvalue weighted by Crippen LogP contribution is -2.47. The van der Waals surface area contributed by atoms with Gasteiger partial charge in [0.25, 0.3) is 0 Å². The number of aryl methyl sites for hydroxylation is 1. The molecule has 34 heavy (non-hydrogen) atoms. The summed E-state index contributed by atoms with van der Waals surface area (Å²) >= 11 is 0. The highest BCUT2D eigenvalue weighted by molar-refractivity contribution is 5.69. The van der Waals surface area contributed by atoms with Crippen molar-refractivity contribution in [2.45, 2.75) is 38.3 Å². The standard InChI is InChI=1S/C27H35N3O4/c1-28(27(32)34-20-21-7-4-3-5-8-21)25-10-6-9-22-11-12-23(19-24(22)25)30-17-15-29(16-18-30)14-13-26(31)33-2/h3-5,7-8,11-12,19,25H,6,9-10,13-18,20H2,1-2H3. The number of hydrogen-bond acceptors (Lipinski definition) is 6. The minimum atomic E-state index is -0.286. The Labute approximate surface area is 202 Å². The van der Waals surface area contributed by atoms with E-state index >= 15 is 0 Å². The van der Waals surface area contributed by atoms with Crippen molar-refractivity contribution in [2.24, 2.45) is 0 Å². The Morgan fingerprint density at radius 2 is 1.82 bits per heavy atom. The molecule has 182 valence electrons. The third kappa shape index (κ3) is 5.89. The molecule has 1 heterocycles. The van der Waals surface area contributed by atoms with Crippen molar-refractivity contribution in [3.63, 3.8) is 0 Å². The maximum atomic E-state index is 12.8. The average molecular weight is 466 g/mol. The number of ether oxygens (including phenoxy) is 2. The summed E-state index contributed by atoms with van der Waals surface area (Å²) in [5.41, 5.74) is 4.74. The Morgan fingerprint density at radius 3 is 2.56 bits per heavy atom. The molecule has 0 spiro atoms. The topological polar surface area (TPSA) is 62.3 Å². The highest BCUT2D eigenvalue weighted by Gasteiger charge is 2.29. The molecule has 1 saturated heterocycles. The molecule has 1 aliphatic carbocycles. The van der Waals surface area contributed by atoms with Gasteiger partial charge in [0, 0.05) is 45.5 Å². The van der Waals surface area contributed by atoms with E-state index in [1.807, 2.05) is 37.4 Å². The first-order valence-electron chi connectivity index (χ1n) is 12.2. The van der Waals surface area contributed by atoms with Gasteiger partial charge in [0.15, 0.2) is 0 Å². The Bertz CT molecular complexity index is 973. The summed E-state index contributed by atoms with van der Waals surface area (Å²) in [6, 6.07) is 16.5. The summed E-state index contributed by atoms with van der Waals surface area (Å²) in [5, 5.41) is 0. The number of esters is 1. The van der Waals surface area contributed by atoms with Crippen LogP contribution in [0, 0.1) is 0 Å². The number of fused-ring (bicyclic) bond motifs is 1. The Kier molecular flexibility index (Phi) is 8.06. The number of carbonyl (C=O) groups excluding carboxylic acids is 2. The molecule has 1 unspecified atom stereocenters. The number of nitrogens with zero attached hydrogens (tertiary/aromatic N) is 3. The molecule has 7 heteroatoms. The minimum Gasteiger partial charge on any atom is -0.469 e. The number of anilines is 1. The van der Waals surface area contributed by atoms with E-state index in [2.05, 4.69) is 28.0 Å². The van der Waals surface area contributed by atoms with Crippen molar-refractivity contribution < 1.29 is 19.1 Å². The third-order valence-corrected chi connectivity index (χ3v) is 6.97. The van der Waals surface area contributed by atoms with E-state index < -0.39 is 0 Å². The monoisotopic (exact) mass is 465 g/mol. The first-order chi connectivity index (χ1) is 16.5. The van der Waals surface area contributed by atoms with Gasteiger partial charge in [-0.05, 0) is 48.1 Å². The van der Waals surface area contributed by atoms with Crippen LogP contribution >= 0.6 is 0 Å². The molecule has 2 aromatic carbocycles. The Balaban J connectivity index is 1.38. The zero-order valence-electron chi connectivity index (χ0n) is 20.2. The second-order valence-electron chi connectivity index (χ2n) is 9.10. The van der Waals surface area contributed by atoms with Crippen LogP contribution in [-0.4, -0.2) is 68.7 Å². The zero-order valence-corrected chi connectivity index (χ0v) is 20.2. The number of piperazine rings is 1. The maximum absolute atomic E-state index is 12.8. The van der Waals surface area contributed by atoms with Crippen molar-refractivity contribution in [2.75, 3.05) is 51.8 Å². The van der Waals surface area contributed by atoms with Crippen LogP contribution in [0.3, 0.4) is 0 Å². The summed E-state index contributed by atoms with van der Waals surface area (Å²) in [7, 11) is 3.28. The normalized spacial score (nSPS) is 18.2. The summed E-state index contributed by atoms with van der Waals surface area (Å²) < 4.78 is 10.4. The fraction of sp³-hybridized carbons (Fsp3) is 0.481. The first-order valence-corrected chi connectivity index (χ1v) is 12.2. The fourth-order valence-corrected chi connectivity index (χ4v) is 4.89. The SMILES string of the molecule is COC(=O)CCN1CCN(c2ccc3c(c2)C(N(C)C(=O)OCc2ccccc2)CCC3)CC1. The molecule has 1 amide bonds. The van der Waals surface area contributed by atoms with Crippen LogP contribution in [0.2, 0.25) is 0 Å². The molecule has 2 aromatic rings. The van der Waals surface area contributed by atoms with Crippen molar-refractivity contribution in [1.82, 2.24) is 9.80 Å². The highest BCUT2D eigenvalue weighted by Crippen LogP contribution is 2.36. The molecule has 1 atom stereocenters. The van der Waals surface area contributed by atoms with Crippen LogP contribution in [0.1, 0.15) is 42.0 Å². The fourth-order valence-electron chi connectivity index (χ4n) is 4.89. The van der Waals surface area contributed by atoms with E-state index in [4.69, 9.17) is 9.47 Å². The number of hydrogen-bond donors (Lipinski definition) is 0. The van der Waals surface area contributed by atoms with Crippen molar-refractivity contribution >= 4 is 17.7 Å². The van der Waals surface area contributed by atoms with Gasteiger partial charge in [0.05, 0.1) is 19.6 Å². The summed E-state index contributed by atoms with van der Waals surface area (Å²) in [6.45, 7) is 4.69. The van der Waals surface area contributed by atoms with E-state index in [0.29, 0.717) is 6.42 Å². The van der Waals surface area contributed by atoms with Crippen LogP contribution < -0.4 is 4.90 Å². The Hall–Kier alpha value is -3.06. The maximum Gasteiger partial charge on any atom is 0.410 e. The van der Waals surface area contributed by atoms with Crippen LogP contribution in [0.25, 0.3) is 0 Å². The van der Waals surface area contributed by atoms with Gasteiger partial charge < -0.3 is 19.3 Å². The van der Waals surface area contributed by atoms with E-state index in [0.717, 1.165) is 57.5 Å². The molecule has 0 aromatic heterocycles. The minimum absolute atomic E-state index is 0.0216. The average Bonchev–Trinajstić information content (AvgIpc) is 2.90. The Morgan fingerprint density at radius 1 is 1.06 bits per heavy atom. The van der Waals surface area contributed by atoms with Gasteiger partial charge >= 0.3 is 12.1 Å². The molecule has 0 saturated carbocycles. The number of amides is 1. The van der Waals surface area contributed by atoms with Crippen molar-refractivity contribution in [3.05, 3.63) is 65.2 Å². The quantitative estimate of drug-likeness (QED) is 0.576. The van der Waals surface area contributed by atoms with Crippen molar-refractivity contribution in [1.29, 1.82) is 0 Å². The van der Waals surface area contributed by atoms with Crippen LogP contribution in [-0.2, 0) is 27.3 Å². The third-order valence-electron chi connectivity index (χ3n) is 6.97. The van der Waals surface area contributed by atoms with Gasteiger partial charge in [-0.2, -0.15) is 0 Å². The molecule has 0 N–H and O–H groups in total. The summed E-state index contributed by atoms with van der Waals surface area (Å²) in [5.74, 6) is -0.158. The molecular weight excluding hydrogens is 430 g/mol. The van der Waals surface area contributed by atoms with E-state index in [-0.39, 0.29) is 24.7 Å². The molecule has 2 aliphatic rings. The summed E-state index contributed by atoms with van der Waals surface area (Å²) in [4.78, 5) is 30.7. The van der Waals surface area contributed by atoms with Crippen LogP contribution in [0.4, 0.5) is 10.5 Å². The lowest BCUT2D eigenvalue weighted by Gasteiger charge is -2.37. The van der Waals surface area contributed by atoms with Crippen LogP contribution in [0.15, 0.2) is 48.5 Å². The van der Waals surface area contributed by atoms with Gasteiger partial charge in [-0.3, -0.25) is 9.69 Å². The molecule has 1 fully saturated rings.